The summed E-state index contributed by atoms with van der Waals surface area (Å²) in [5.74, 6) is -1.91. The maximum Gasteiger partial charge on any atom is 0.328 e. The molecule has 0 saturated carbocycles. The van der Waals surface area contributed by atoms with E-state index in [1.165, 1.54) is 25.1 Å². The van der Waals surface area contributed by atoms with E-state index in [0.717, 1.165) is 0 Å². The van der Waals surface area contributed by atoms with E-state index < -0.39 is 24.0 Å². The molecule has 0 radical (unpaired) electrons. The zero-order valence-electron chi connectivity index (χ0n) is 9.35. The van der Waals surface area contributed by atoms with Crippen molar-refractivity contribution in [1.82, 2.24) is 5.32 Å². The third-order valence-corrected chi connectivity index (χ3v) is 3.10. The van der Waals surface area contributed by atoms with Gasteiger partial charge in [-0.05, 0) is 41.1 Å². The lowest BCUT2D eigenvalue weighted by atomic mass is 10.1. The van der Waals surface area contributed by atoms with Crippen LogP contribution in [-0.2, 0) is 4.79 Å². The first-order valence-corrected chi connectivity index (χ1v) is 6.17. The van der Waals surface area contributed by atoms with Gasteiger partial charge in [-0.1, -0.05) is 11.6 Å². The summed E-state index contributed by atoms with van der Waals surface area (Å²) in [6.07, 6.45) is -1.20. The minimum Gasteiger partial charge on any atom is -0.480 e. The summed E-state index contributed by atoms with van der Waals surface area (Å²) in [4.78, 5) is 22.7. The number of benzene rings is 1. The van der Waals surface area contributed by atoms with Crippen molar-refractivity contribution >= 4 is 39.4 Å². The maximum absolute atomic E-state index is 11.8. The third-order valence-electron chi connectivity index (χ3n) is 2.21. The first-order chi connectivity index (χ1) is 8.32. The molecular formula is C11H11BrClNO4. The van der Waals surface area contributed by atoms with Crippen LogP contribution in [0.15, 0.2) is 22.7 Å². The van der Waals surface area contributed by atoms with Gasteiger partial charge in [0, 0.05) is 9.50 Å². The molecule has 98 valence electrons. The molecule has 0 bridgehead atoms. The molecule has 0 aromatic heterocycles. The van der Waals surface area contributed by atoms with Crippen molar-refractivity contribution in [2.24, 2.45) is 0 Å². The summed E-state index contributed by atoms with van der Waals surface area (Å²) in [5.41, 5.74) is 0.242. The van der Waals surface area contributed by atoms with E-state index in [0.29, 0.717) is 9.50 Å². The minimum atomic E-state index is -1.36. The van der Waals surface area contributed by atoms with Gasteiger partial charge in [-0.15, -0.1) is 0 Å². The highest BCUT2D eigenvalue weighted by Gasteiger charge is 2.26. The van der Waals surface area contributed by atoms with Crippen LogP contribution in [0, 0.1) is 0 Å². The molecule has 2 unspecified atom stereocenters. The largest absolute Gasteiger partial charge is 0.480 e. The molecule has 1 aromatic carbocycles. The predicted octanol–water partition coefficient (Wildman–Crippen LogP) is 1.67. The van der Waals surface area contributed by atoms with E-state index in [9.17, 15) is 14.7 Å². The molecule has 0 aliphatic heterocycles. The van der Waals surface area contributed by atoms with Gasteiger partial charge >= 0.3 is 5.97 Å². The summed E-state index contributed by atoms with van der Waals surface area (Å²) in [6.45, 7) is 1.29. The molecular weight excluding hydrogens is 325 g/mol. The van der Waals surface area contributed by atoms with Crippen molar-refractivity contribution < 1.29 is 19.8 Å². The highest BCUT2D eigenvalue weighted by Crippen LogP contribution is 2.21. The normalized spacial score (nSPS) is 13.8. The number of carbonyl (C=O) groups excluding carboxylic acids is 1. The lowest BCUT2D eigenvalue weighted by Gasteiger charge is -2.17. The smallest absolute Gasteiger partial charge is 0.328 e. The van der Waals surface area contributed by atoms with Crippen LogP contribution in [0.25, 0.3) is 0 Å². The van der Waals surface area contributed by atoms with Crippen LogP contribution in [0.3, 0.4) is 0 Å². The lowest BCUT2D eigenvalue weighted by Crippen LogP contribution is -2.47. The number of hydrogen-bond acceptors (Lipinski definition) is 3. The number of amides is 1. The van der Waals surface area contributed by atoms with Crippen molar-refractivity contribution in [3.8, 4) is 0 Å². The number of halogens is 2. The van der Waals surface area contributed by atoms with Gasteiger partial charge < -0.3 is 15.5 Å². The summed E-state index contributed by atoms with van der Waals surface area (Å²) in [7, 11) is 0. The van der Waals surface area contributed by atoms with E-state index in [2.05, 4.69) is 21.2 Å². The van der Waals surface area contributed by atoms with E-state index in [-0.39, 0.29) is 5.56 Å². The van der Waals surface area contributed by atoms with Crippen LogP contribution in [0.1, 0.15) is 17.3 Å². The second-order valence-corrected chi connectivity index (χ2v) is 4.94. The van der Waals surface area contributed by atoms with E-state index in [4.69, 9.17) is 16.7 Å². The average Bonchev–Trinajstić information content (AvgIpc) is 2.24. The fourth-order valence-corrected chi connectivity index (χ4v) is 2.14. The lowest BCUT2D eigenvalue weighted by molar-refractivity contribution is -0.141. The number of rotatable bonds is 4. The van der Waals surface area contributed by atoms with Gasteiger partial charge in [0.15, 0.2) is 6.04 Å². The Labute approximate surface area is 117 Å². The number of nitrogens with one attached hydrogen (secondary N) is 1. The molecule has 5 nitrogen and oxygen atoms in total. The van der Waals surface area contributed by atoms with Crippen molar-refractivity contribution in [3.05, 3.63) is 33.3 Å². The summed E-state index contributed by atoms with van der Waals surface area (Å²) in [6, 6.07) is 3.14. The van der Waals surface area contributed by atoms with Gasteiger partial charge in [-0.25, -0.2) is 4.79 Å². The minimum absolute atomic E-state index is 0.242. The van der Waals surface area contributed by atoms with Crippen LogP contribution in [0.4, 0.5) is 0 Å². The first-order valence-electron chi connectivity index (χ1n) is 4.99. The Morgan fingerprint density at radius 2 is 2.06 bits per heavy atom. The molecule has 0 aliphatic rings. The number of carboxylic acids is 1. The molecule has 0 saturated heterocycles. The maximum atomic E-state index is 11.8. The van der Waals surface area contributed by atoms with E-state index >= 15 is 0 Å². The Kier molecular flexibility index (Phi) is 5.13. The van der Waals surface area contributed by atoms with Crippen molar-refractivity contribution in [2.45, 2.75) is 19.1 Å². The number of carboxylic acid groups (broad SMARTS) is 1. The highest BCUT2D eigenvalue weighted by atomic mass is 79.9. The Morgan fingerprint density at radius 1 is 1.44 bits per heavy atom. The number of aliphatic hydroxyl groups is 1. The Hall–Kier alpha value is -1.11. The second kappa shape index (κ2) is 6.17. The van der Waals surface area contributed by atoms with Crippen LogP contribution in [-0.4, -0.2) is 34.2 Å². The van der Waals surface area contributed by atoms with Crippen molar-refractivity contribution in [1.29, 1.82) is 0 Å². The fourth-order valence-electron chi connectivity index (χ4n) is 1.28. The molecule has 1 rings (SSSR count). The van der Waals surface area contributed by atoms with Gasteiger partial charge in [0.25, 0.3) is 5.91 Å². The van der Waals surface area contributed by atoms with E-state index in [1.54, 1.807) is 0 Å². The van der Waals surface area contributed by atoms with Crippen molar-refractivity contribution in [2.75, 3.05) is 0 Å². The van der Waals surface area contributed by atoms with Gasteiger partial charge in [0.05, 0.1) is 11.7 Å². The first kappa shape index (κ1) is 14.9. The van der Waals surface area contributed by atoms with Crippen LogP contribution in [0.5, 0.6) is 0 Å². The molecule has 0 aliphatic carbocycles. The standard InChI is InChI=1S/C11H11BrClNO4/c1-5(15)9(11(17)18)14-10(16)7-3-2-6(13)4-8(7)12/h2-5,9,15H,1H3,(H,14,16)(H,17,18). The molecule has 2 atom stereocenters. The predicted molar refractivity (Wildman–Crippen MR) is 69.7 cm³/mol. The quantitative estimate of drug-likeness (QED) is 0.780. The Balaban J connectivity index is 2.91. The molecule has 18 heavy (non-hydrogen) atoms. The second-order valence-electron chi connectivity index (χ2n) is 3.65. The SMILES string of the molecule is CC(O)C(NC(=O)c1ccc(Cl)cc1Br)C(=O)O. The number of carbonyl (C=O) groups is 2. The average molecular weight is 337 g/mol. The number of aliphatic hydroxyl groups excluding tert-OH is 1. The van der Waals surface area contributed by atoms with Gasteiger partial charge in [-0.3, -0.25) is 4.79 Å². The van der Waals surface area contributed by atoms with Crippen LogP contribution >= 0.6 is 27.5 Å². The molecule has 0 fully saturated rings. The molecule has 0 heterocycles. The monoisotopic (exact) mass is 335 g/mol. The Bertz CT molecular complexity index is 478. The fraction of sp³-hybridized carbons (Fsp3) is 0.273. The third kappa shape index (κ3) is 3.69. The Morgan fingerprint density at radius 3 is 2.50 bits per heavy atom. The van der Waals surface area contributed by atoms with Crippen LogP contribution < -0.4 is 5.32 Å². The van der Waals surface area contributed by atoms with Crippen molar-refractivity contribution in [3.63, 3.8) is 0 Å². The molecule has 1 aromatic rings. The number of hydrogen-bond donors (Lipinski definition) is 3. The van der Waals surface area contributed by atoms with Gasteiger partial charge in [0.2, 0.25) is 0 Å². The summed E-state index contributed by atoms with van der Waals surface area (Å²) >= 11 is 8.89. The number of aliphatic carboxylic acids is 1. The summed E-state index contributed by atoms with van der Waals surface area (Å²) in [5, 5.41) is 20.8. The summed E-state index contributed by atoms with van der Waals surface area (Å²) < 4.78 is 0.447. The topological polar surface area (TPSA) is 86.6 Å². The van der Waals surface area contributed by atoms with E-state index in [1.807, 2.05) is 0 Å². The van der Waals surface area contributed by atoms with Gasteiger partial charge in [-0.2, -0.15) is 0 Å². The molecule has 3 N–H and O–H groups in total. The molecule has 7 heteroatoms. The van der Waals surface area contributed by atoms with Gasteiger partial charge in [0.1, 0.15) is 0 Å². The molecule has 0 spiro atoms. The zero-order valence-corrected chi connectivity index (χ0v) is 11.7. The zero-order chi connectivity index (χ0) is 13.9. The highest BCUT2D eigenvalue weighted by molar-refractivity contribution is 9.10. The molecule has 1 amide bonds. The van der Waals surface area contributed by atoms with Crippen LogP contribution in [0.2, 0.25) is 5.02 Å².